The highest BCUT2D eigenvalue weighted by molar-refractivity contribution is 7.92. The number of benzene rings is 2. The first kappa shape index (κ1) is 20.4. The van der Waals surface area contributed by atoms with E-state index in [9.17, 15) is 8.42 Å². The second-order valence-corrected chi connectivity index (χ2v) is 9.91. The van der Waals surface area contributed by atoms with E-state index in [4.69, 9.17) is 18.2 Å². The number of sulfonamides is 1. The van der Waals surface area contributed by atoms with Crippen molar-refractivity contribution in [1.29, 1.82) is 0 Å². The molecule has 0 atom stereocenters. The third-order valence-electron chi connectivity index (χ3n) is 4.53. The van der Waals surface area contributed by atoms with Crippen LogP contribution in [-0.2, 0) is 10.0 Å². The molecule has 4 aromatic rings. The van der Waals surface area contributed by atoms with E-state index in [-0.39, 0.29) is 4.90 Å². The first-order chi connectivity index (χ1) is 14.3. The molecule has 2 heterocycles. The predicted octanol–water partition coefficient (Wildman–Crippen LogP) is 6.59. The molecule has 0 radical (unpaired) electrons. The van der Waals surface area contributed by atoms with E-state index in [2.05, 4.69) is 14.6 Å². The van der Waals surface area contributed by atoms with Crippen LogP contribution >= 0.6 is 22.9 Å². The second-order valence-electron chi connectivity index (χ2n) is 6.82. The molecule has 0 spiro atoms. The van der Waals surface area contributed by atoms with E-state index in [1.165, 1.54) is 23.5 Å². The zero-order valence-electron chi connectivity index (χ0n) is 16.1. The molecule has 2 aromatic carbocycles. The largest absolute Gasteiger partial charge is 0.279 e. The lowest BCUT2D eigenvalue weighted by Gasteiger charge is -2.12. The Hall–Kier alpha value is -2.92. The van der Waals surface area contributed by atoms with Crippen LogP contribution in [0.15, 0.2) is 59.5 Å². The number of nitrogens with zero attached hydrogens (tertiary/aromatic N) is 2. The predicted molar refractivity (Wildman–Crippen MR) is 123 cm³/mol. The number of halogens is 1. The third-order valence-corrected chi connectivity index (χ3v) is 7.11. The van der Waals surface area contributed by atoms with Gasteiger partial charge in [-0.05, 0) is 43.7 Å². The van der Waals surface area contributed by atoms with Crippen LogP contribution in [0, 0.1) is 20.4 Å². The van der Waals surface area contributed by atoms with E-state index in [0.29, 0.717) is 37.2 Å². The van der Waals surface area contributed by atoms with E-state index < -0.39 is 10.0 Å². The highest BCUT2D eigenvalue weighted by Gasteiger charge is 2.22. The highest BCUT2D eigenvalue weighted by Crippen LogP contribution is 2.47. The minimum atomic E-state index is -3.88. The minimum Gasteiger partial charge on any atom is -0.279 e. The monoisotopic (exact) mass is 453 g/mol. The summed E-state index contributed by atoms with van der Waals surface area (Å²) in [5, 5.41) is 1.42. The first-order valence-electron chi connectivity index (χ1n) is 8.95. The topological polar surface area (TPSA) is 63.4 Å². The molecule has 0 aliphatic heterocycles. The molecular formula is C22H16ClN3O2S2. The molecule has 0 bridgehead atoms. The lowest BCUT2D eigenvalue weighted by atomic mass is 10.0. The maximum Gasteiger partial charge on any atom is 0.261 e. The van der Waals surface area contributed by atoms with Gasteiger partial charge in [0.15, 0.2) is 0 Å². The summed E-state index contributed by atoms with van der Waals surface area (Å²) in [5.74, 6) is 0. The molecule has 150 valence electrons. The number of anilines is 1. The number of aryl methyl sites for hydroxylation is 2. The van der Waals surface area contributed by atoms with Crippen molar-refractivity contribution in [2.45, 2.75) is 18.7 Å². The number of rotatable bonds is 4. The number of hydrogen-bond donors (Lipinski definition) is 1. The zero-order valence-corrected chi connectivity index (χ0v) is 18.5. The maximum absolute atomic E-state index is 13.0. The van der Waals surface area contributed by atoms with Crippen molar-refractivity contribution in [2.24, 2.45) is 0 Å². The number of nitrogens with one attached hydrogen (secondary N) is 1. The Morgan fingerprint density at radius 3 is 2.57 bits per heavy atom. The molecule has 5 nitrogen and oxygen atoms in total. The fourth-order valence-electron chi connectivity index (χ4n) is 3.28. The molecule has 1 N–H and O–H groups in total. The van der Waals surface area contributed by atoms with Crippen LogP contribution in [0.3, 0.4) is 0 Å². The summed E-state index contributed by atoms with van der Waals surface area (Å²) < 4.78 is 28.8. The standard InChI is InChI=1S/C22H16ClN3O2S2/c1-13-6-4-7-15(10-13)19-20-18(11-14(2)25-22(20)29-21(19)24-3)26-30(27,28)17-9-5-8-16(23)12-17/h4-12H,1-2H3,(H,25,26). The fourth-order valence-corrected chi connectivity index (χ4v) is 5.69. The molecular weight excluding hydrogens is 438 g/mol. The molecule has 0 saturated carbocycles. The number of hydrogen-bond acceptors (Lipinski definition) is 4. The van der Waals surface area contributed by atoms with E-state index >= 15 is 0 Å². The SMILES string of the molecule is [C-]#[N+]c1sc2nc(C)cc(NS(=O)(=O)c3cccc(Cl)c3)c2c1-c1cccc(C)c1. The Morgan fingerprint density at radius 1 is 1.10 bits per heavy atom. The van der Waals surface area contributed by atoms with Crippen LogP contribution < -0.4 is 4.72 Å². The summed E-state index contributed by atoms with van der Waals surface area (Å²) in [5.41, 5.74) is 3.62. The third kappa shape index (κ3) is 3.77. The summed E-state index contributed by atoms with van der Waals surface area (Å²) in [7, 11) is -3.88. The van der Waals surface area contributed by atoms with Crippen LogP contribution in [0.1, 0.15) is 11.3 Å². The van der Waals surface area contributed by atoms with Crippen molar-refractivity contribution in [2.75, 3.05) is 4.72 Å². The molecule has 0 saturated heterocycles. The maximum atomic E-state index is 13.0. The number of aromatic nitrogens is 1. The molecule has 0 fully saturated rings. The van der Waals surface area contributed by atoms with Gasteiger partial charge in [-0.15, -0.1) is 11.3 Å². The van der Waals surface area contributed by atoms with Crippen molar-refractivity contribution in [3.8, 4) is 11.1 Å². The average Bonchev–Trinajstić information content (AvgIpc) is 3.06. The van der Waals surface area contributed by atoms with Crippen molar-refractivity contribution >= 4 is 53.9 Å². The lowest BCUT2D eigenvalue weighted by Crippen LogP contribution is -2.13. The number of pyridine rings is 1. The zero-order chi connectivity index (χ0) is 21.5. The van der Waals surface area contributed by atoms with E-state index in [1.807, 2.05) is 31.2 Å². The Bertz CT molecular complexity index is 1440. The van der Waals surface area contributed by atoms with Gasteiger partial charge in [-0.25, -0.2) is 18.2 Å². The quantitative estimate of drug-likeness (QED) is 0.355. The van der Waals surface area contributed by atoms with E-state index in [1.54, 1.807) is 25.1 Å². The van der Waals surface area contributed by atoms with Gasteiger partial charge < -0.3 is 0 Å². The normalized spacial score (nSPS) is 11.4. The lowest BCUT2D eigenvalue weighted by molar-refractivity contribution is 0.601. The highest BCUT2D eigenvalue weighted by atomic mass is 35.5. The molecule has 0 aliphatic carbocycles. The van der Waals surface area contributed by atoms with Gasteiger partial charge >= 0.3 is 0 Å². The Kier molecular flexibility index (Phi) is 5.24. The fraction of sp³-hybridized carbons (Fsp3) is 0.0909. The van der Waals surface area contributed by atoms with Crippen LogP contribution in [-0.4, -0.2) is 13.4 Å². The van der Waals surface area contributed by atoms with Gasteiger partial charge in [0.2, 0.25) is 0 Å². The Morgan fingerprint density at radius 2 is 1.87 bits per heavy atom. The summed E-state index contributed by atoms with van der Waals surface area (Å²) in [6, 6.07) is 15.6. The smallest absolute Gasteiger partial charge is 0.261 e. The first-order valence-corrected chi connectivity index (χ1v) is 11.6. The van der Waals surface area contributed by atoms with Gasteiger partial charge in [0.25, 0.3) is 15.0 Å². The number of thiophene rings is 1. The van der Waals surface area contributed by atoms with Gasteiger partial charge in [-0.1, -0.05) is 47.5 Å². The molecule has 8 heteroatoms. The molecule has 0 aliphatic rings. The number of fused-ring (bicyclic) bond motifs is 1. The molecule has 4 rings (SSSR count). The molecule has 30 heavy (non-hydrogen) atoms. The second kappa shape index (κ2) is 7.73. The summed E-state index contributed by atoms with van der Waals surface area (Å²) >= 11 is 7.24. The van der Waals surface area contributed by atoms with Crippen LogP contribution in [0.2, 0.25) is 5.02 Å². The van der Waals surface area contributed by atoms with Gasteiger partial charge in [-0.3, -0.25) is 4.72 Å². The van der Waals surface area contributed by atoms with Crippen molar-refractivity contribution in [3.63, 3.8) is 0 Å². The molecule has 0 unspecified atom stereocenters. The van der Waals surface area contributed by atoms with Crippen molar-refractivity contribution < 1.29 is 8.42 Å². The molecule has 2 aromatic heterocycles. The van der Waals surface area contributed by atoms with Gasteiger partial charge in [0.1, 0.15) is 4.83 Å². The van der Waals surface area contributed by atoms with Crippen molar-refractivity contribution in [3.05, 3.63) is 82.3 Å². The van der Waals surface area contributed by atoms with E-state index in [0.717, 1.165) is 11.1 Å². The summed E-state index contributed by atoms with van der Waals surface area (Å²) in [4.78, 5) is 8.91. The van der Waals surface area contributed by atoms with Crippen LogP contribution in [0.5, 0.6) is 0 Å². The average molecular weight is 454 g/mol. The van der Waals surface area contributed by atoms with Crippen LogP contribution in [0.25, 0.3) is 26.2 Å². The van der Waals surface area contributed by atoms with Crippen LogP contribution in [0.4, 0.5) is 10.7 Å². The summed E-state index contributed by atoms with van der Waals surface area (Å²) in [6.45, 7) is 11.4. The molecule has 0 amide bonds. The van der Waals surface area contributed by atoms with Crippen molar-refractivity contribution in [1.82, 2.24) is 4.98 Å². The summed E-state index contributed by atoms with van der Waals surface area (Å²) in [6.07, 6.45) is 0. The van der Waals surface area contributed by atoms with Gasteiger partial charge in [0.05, 0.1) is 17.2 Å². The van der Waals surface area contributed by atoms with Gasteiger partial charge in [0, 0.05) is 21.7 Å². The minimum absolute atomic E-state index is 0.0651. The Labute approximate surface area is 183 Å². The van der Waals surface area contributed by atoms with Gasteiger partial charge in [-0.2, -0.15) is 0 Å². The Balaban J connectivity index is 1.97.